The van der Waals surface area contributed by atoms with Crippen molar-refractivity contribution in [1.82, 2.24) is 0 Å². The molecular formula is C9H14O2. The molecule has 1 aliphatic rings. The van der Waals surface area contributed by atoms with Crippen LogP contribution in [0.1, 0.15) is 26.2 Å². The van der Waals surface area contributed by atoms with Crippen LogP contribution in [0.15, 0.2) is 12.2 Å². The van der Waals surface area contributed by atoms with Crippen LogP contribution in [0.3, 0.4) is 0 Å². The maximum absolute atomic E-state index is 11.2. The lowest BCUT2D eigenvalue weighted by atomic mass is 10.1. The molecule has 62 valence electrons. The zero-order valence-electron chi connectivity index (χ0n) is 6.88. The van der Waals surface area contributed by atoms with Crippen molar-refractivity contribution in [2.75, 3.05) is 6.61 Å². The van der Waals surface area contributed by atoms with E-state index in [0.29, 0.717) is 0 Å². The van der Waals surface area contributed by atoms with Gasteiger partial charge in [0.1, 0.15) is 6.10 Å². The summed E-state index contributed by atoms with van der Waals surface area (Å²) in [6.45, 7) is 2.59. The van der Waals surface area contributed by atoms with Gasteiger partial charge in [0, 0.05) is 6.61 Å². The molecule has 0 N–H and O–H groups in total. The Balaban J connectivity index is 2.38. The van der Waals surface area contributed by atoms with Crippen LogP contribution in [0.5, 0.6) is 0 Å². The first-order valence-electron chi connectivity index (χ1n) is 4.12. The molecule has 1 aliphatic heterocycles. The lowest BCUT2D eigenvalue weighted by Gasteiger charge is -2.19. The molecule has 0 aromatic heterocycles. The standard InChI is InChI=1S/C9H14O2/c1-2-5-8(10)9-6-3-4-7-11-9/h2,5,9H,3-4,6-7H2,1H3. The van der Waals surface area contributed by atoms with Crippen LogP contribution in [-0.4, -0.2) is 18.5 Å². The zero-order valence-corrected chi connectivity index (χ0v) is 6.88. The Hall–Kier alpha value is -0.630. The van der Waals surface area contributed by atoms with E-state index >= 15 is 0 Å². The average Bonchev–Trinajstić information content (AvgIpc) is 2.07. The molecule has 0 bridgehead atoms. The van der Waals surface area contributed by atoms with Crippen LogP contribution in [0, 0.1) is 0 Å². The number of allylic oxidation sites excluding steroid dienone is 1. The SMILES string of the molecule is CC=CC(=O)C1CCCCO1. The molecule has 0 aromatic rings. The largest absolute Gasteiger partial charge is 0.370 e. The second-order valence-corrected chi connectivity index (χ2v) is 2.76. The Morgan fingerprint density at radius 3 is 2.91 bits per heavy atom. The predicted molar refractivity (Wildman–Crippen MR) is 43.4 cm³/mol. The molecule has 0 aliphatic carbocycles. The topological polar surface area (TPSA) is 26.3 Å². The van der Waals surface area contributed by atoms with Crippen molar-refractivity contribution in [1.29, 1.82) is 0 Å². The second-order valence-electron chi connectivity index (χ2n) is 2.76. The van der Waals surface area contributed by atoms with Crippen molar-refractivity contribution in [2.45, 2.75) is 32.3 Å². The highest BCUT2D eigenvalue weighted by Gasteiger charge is 2.18. The van der Waals surface area contributed by atoms with Crippen molar-refractivity contribution in [2.24, 2.45) is 0 Å². The molecule has 1 heterocycles. The van der Waals surface area contributed by atoms with Gasteiger partial charge in [-0.2, -0.15) is 0 Å². The molecule has 1 rings (SSSR count). The summed E-state index contributed by atoms with van der Waals surface area (Å²) in [5.74, 6) is 0.118. The van der Waals surface area contributed by atoms with E-state index in [1.54, 1.807) is 12.2 Å². The van der Waals surface area contributed by atoms with Crippen LogP contribution in [0.25, 0.3) is 0 Å². The van der Waals surface area contributed by atoms with Crippen LogP contribution < -0.4 is 0 Å². The number of carbonyl (C=O) groups is 1. The fourth-order valence-electron chi connectivity index (χ4n) is 1.24. The fourth-order valence-corrected chi connectivity index (χ4v) is 1.24. The van der Waals surface area contributed by atoms with Gasteiger partial charge in [-0.15, -0.1) is 0 Å². The lowest BCUT2D eigenvalue weighted by Crippen LogP contribution is -2.26. The van der Waals surface area contributed by atoms with E-state index in [1.807, 2.05) is 6.92 Å². The highest BCUT2D eigenvalue weighted by molar-refractivity contribution is 5.93. The van der Waals surface area contributed by atoms with Gasteiger partial charge in [-0.1, -0.05) is 6.08 Å². The molecule has 0 amide bonds. The minimum absolute atomic E-state index is 0.118. The van der Waals surface area contributed by atoms with Crippen LogP contribution >= 0.6 is 0 Å². The van der Waals surface area contributed by atoms with E-state index in [-0.39, 0.29) is 11.9 Å². The van der Waals surface area contributed by atoms with E-state index in [2.05, 4.69) is 0 Å². The van der Waals surface area contributed by atoms with Crippen LogP contribution in [0.2, 0.25) is 0 Å². The van der Waals surface area contributed by atoms with Crippen molar-refractivity contribution in [3.05, 3.63) is 12.2 Å². The van der Waals surface area contributed by atoms with Crippen LogP contribution in [0.4, 0.5) is 0 Å². The van der Waals surface area contributed by atoms with E-state index in [1.165, 1.54) is 0 Å². The van der Waals surface area contributed by atoms with Gasteiger partial charge in [0.25, 0.3) is 0 Å². The van der Waals surface area contributed by atoms with Gasteiger partial charge < -0.3 is 4.74 Å². The predicted octanol–water partition coefficient (Wildman–Crippen LogP) is 1.70. The third kappa shape index (κ3) is 2.46. The molecule has 0 spiro atoms. The summed E-state index contributed by atoms with van der Waals surface area (Å²) in [7, 11) is 0. The van der Waals surface area contributed by atoms with E-state index in [0.717, 1.165) is 25.9 Å². The van der Waals surface area contributed by atoms with Crippen molar-refractivity contribution >= 4 is 5.78 Å². The number of ketones is 1. The van der Waals surface area contributed by atoms with Gasteiger partial charge >= 0.3 is 0 Å². The van der Waals surface area contributed by atoms with Crippen LogP contribution in [-0.2, 0) is 9.53 Å². The third-order valence-electron chi connectivity index (χ3n) is 1.83. The molecule has 0 aromatic carbocycles. The number of ether oxygens (including phenoxy) is 1. The van der Waals surface area contributed by atoms with Crippen molar-refractivity contribution < 1.29 is 9.53 Å². The summed E-state index contributed by atoms with van der Waals surface area (Å²) < 4.78 is 5.29. The van der Waals surface area contributed by atoms with E-state index in [9.17, 15) is 4.79 Å². The van der Waals surface area contributed by atoms with Gasteiger partial charge in [0.2, 0.25) is 0 Å². The molecule has 1 unspecified atom stereocenters. The first-order chi connectivity index (χ1) is 5.34. The number of hydrogen-bond donors (Lipinski definition) is 0. The molecule has 1 fully saturated rings. The van der Waals surface area contributed by atoms with E-state index in [4.69, 9.17) is 4.74 Å². The quantitative estimate of drug-likeness (QED) is 0.566. The Morgan fingerprint density at radius 2 is 2.36 bits per heavy atom. The fraction of sp³-hybridized carbons (Fsp3) is 0.667. The third-order valence-corrected chi connectivity index (χ3v) is 1.83. The number of hydrogen-bond acceptors (Lipinski definition) is 2. The van der Waals surface area contributed by atoms with Gasteiger partial charge in [-0.05, 0) is 32.3 Å². The minimum atomic E-state index is -0.153. The molecule has 1 saturated heterocycles. The summed E-state index contributed by atoms with van der Waals surface area (Å²) in [4.78, 5) is 11.2. The maximum atomic E-state index is 11.2. The molecule has 11 heavy (non-hydrogen) atoms. The molecule has 2 nitrogen and oxygen atoms in total. The normalized spacial score (nSPS) is 25.7. The van der Waals surface area contributed by atoms with Crippen molar-refractivity contribution in [3.63, 3.8) is 0 Å². The monoisotopic (exact) mass is 154 g/mol. The zero-order chi connectivity index (χ0) is 8.10. The maximum Gasteiger partial charge on any atom is 0.184 e. The Labute approximate surface area is 67.2 Å². The molecular weight excluding hydrogens is 140 g/mol. The summed E-state index contributed by atoms with van der Waals surface area (Å²) in [6.07, 6.45) is 6.31. The second kappa shape index (κ2) is 4.29. The van der Waals surface area contributed by atoms with Gasteiger partial charge in [0.05, 0.1) is 0 Å². The Bertz CT molecular complexity index is 155. The molecule has 0 radical (unpaired) electrons. The van der Waals surface area contributed by atoms with Gasteiger partial charge in [0.15, 0.2) is 5.78 Å². The highest BCUT2D eigenvalue weighted by atomic mass is 16.5. The summed E-state index contributed by atoms with van der Waals surface area (Å²) in [6, 6.07) is 0. The van der Waals surface area contributed by atoms with Gasteiger partial charge in [-0.3, -0.25) is 4.79 Å². The number of carbonyl (C=O) groups excluding carboxylic acids is 1. The molecule has 1 atom stereocenters. The summed E-state index contributed by atoms with van der Waals surface area (Å²) >= 11 is 0. The molecule has 2 heteroatoms. The first kappa shape index (κ1) is 8.47. The Kier molecular flexibility index (Phi) is 3.30. The number of rotatable bonds is 2. The Morgan fingerprint density at radius 1 is 1.55 bits per heavy atom. The van der Waals surface area contributed by atoms with E-state index < -0.39 is 0 Å². The van der Waals surface area contributed by atoms with Crippen molar-refractivity contribution in [3.8, 4) is 0 Å². The lowest BCUT2D eigenvalue weighted by molar-refractivity contribution is -0.128. The first-order valence-corrected chi connectivity index (χ1v) is 4.12. The van der Waals surface area contributed by atoms with Gasteiger partial charge in [-0.25, -0.2) is 0 Å². The minimum Gasteiger partial charge on any atom is -0.370 e. The summed E-state index contributed by atoms with van der Waals surface area (Å²) in [5.41, 5.74) is 0. The molecule has 0 saturated carbocycles. The highest BCUT2D eigenvalue weighted by Crippen LogP contribution is 2.13. The smallest absolute Gasteiger partial charge is 0.184 e. The average molecular weight is 154 g/mol. The summed E-state index contributed by atoms with van der Waals surface area (Å²) in [5, 5.41) is 0.